The number of hydrazine groups is 1. The molecule has 3 saturated heterocycles. The lowest BCUT2D eigenvalue weighted by molar-refractivity contribution is -0.126. The molecule has 5 heteroatoms. The molecular formula is C23H25N3O2. The number of anilines is 1. The van der Waals surface area contributed by atoms with Gasteiger partial charge in [0.1, 0.15) is 6.04 Å². The van der Waals surface area contributed by atoms with Crippen LogP contribution in [-0.2, 0) is 9.59 Å². The van der Waals surface area contributed by atoms with Gasteiger partial charge in [-0.2, -0.15) is 0 Å². The van der Waals surface area contributed by atoms with Gasteiger partial charge in [0.2, 0.25) is 5.91 Å². The maximum absolute atomic E-state index is 13.6. The van der Waals surface area contributed by atoms with E-state index >= 15 is 0 Å². The van der Waals surface area contributed by atoms with E-state index in [4.69, 9.17) is 0 Å². The third-order valence-electron chi connectivity index (χ3n) is 6.42. The molecule has 2 aromatic carbocycles. The van der Waals surface area contributed by atoms with E-state index in [0.717, 1.165) is 41.9 Å². The molecule has 0 N–H and O–H groups in total. The topological polar surface area (TPSA) is 43.9 Å². The lowest BCUT2D eigenvalue weighted by atomic mass is 9.89. The number of imide groups is 1. The second-order valence-electron chi connectivity index (χ2n) is 8.31. The Hall–Kier alpha value is -2.50. The molecule has 3 aliphatic heterocycles. The summed E-state index contributed by atoms with van der Waals surface area (Å²) >= 11 is 0. The number of nitrogens with zero attached hydrogens (tertiary/aromatic N) is 3. The van der Waals surface area contributed by atoms with Crippen LogP contribution in [0.4, 0.5) is 5.69 Å². The van der Waals surface area contributed by atoms with Crippen LogP contribution in [0.1, 0.15) is 34.7 Å². The number of aryl methyl sites for hydroxylation is 3. The van der Waals surface area contributed by atoms with Crippen molar-refractivity contribution in [3.8, 4) is 0 Å². The summed E-state index contributed by atoms with van der Waals surface area (Å²) in [5, 5.41) is 4.41. The minimum Gasteiger partial charge on any atom is -0.274 e. The first-order chi connectivity index (χ1) is 13.5. The third-order valence-corrected chi connectivity index (χ3v) is 6.42. The molecule has 28 heavy (non-hydrogen) atoms. The highest BCUT2D eigenvalue weighted by Gasteiger charge is 2.62. The second kappa shape index (κ2) is 6.26. The van der Waals surface area contributed by atoms with Gasteiger partial charge < -0.3 is 0 Å². The zero-order chi connectivity index (χ0) is 19.6. The van der Waals surface area contributed by atoms with Gasteiger partial charge >= 0.3 is 0 Å². The van der Waals surface area contributed by atoms with Crippen molar-refractivity contribution in [1.29, 1.82) is 0 Å². The van der Waals surface area contributed by atoms with Crippen LogP contribution in [0.25, 0.3) is 0 Å². The minimum atomic E-state index is -0.387. The molecule has 0 saturated carbocycles. The van der Waals surface area contributed by atoms with Gasteiger partial charge in [-0.1, -0.05) is 47.5 Å². The number of hydrogen-bond donors (Lipinski definition) is 0. The monoisotopic (exact) mass is 375 g/mol. The van der Waals surface area contributed by atoms with Crippen LogP contribution in [0.15, 0.2) is 42.5 Å². The van der Waals surface area contributed by atoms with Crippen LogP contribution in [0.3, 0.4) is 0 Å². The SMILES string of the molecule is Cc1ccc([C@H]2[C@@H]3C(=O)N(c4ccc(C)cc4C)C(=O)[C@@H]3N3CCCN23)cc1. The summed E-state index contributed by atoms with van der Waals surface area (Å²) in [6.07, 6.45) is 1.02. The Labute approximate surface area is 165 Å². The Bertz CT molecular complexity index is 968. The van der Waals surface area contributed by atoms with Gasteiger partial charge in [0.05, 0.1) is 17.6 Å². The Balaban J connectivity index is 1.59. The van der Waals surface area contributed by atoms with E-state index in [0.29, 0.717) is 0 Å². The van der Waals surface area contributed by atoms with E-state index in [9.17, 15) is 9.59 Å². The third kappa shape index (κ3) is 2.39. The summed E-state index contributed by atoms with van der Waals surface area (Å²) in [4.78, 5) is 28.5. The van der Waals surface area contributed by atoms with Gasteiger partial charge in [-0.25, -0.2) is 14.9 Å². The van der Waals surface area contributed by atoms with Crippen LogP contribution in [0.2, 0.25) is 0 Å². The minimum absolute atomic E-state index is 0.0677. The van der Waals surface area contributed by atoms with Gasteiger partial charge in [-0.15, -0.1) is 0 Å². The fourth-order valence-electron chi connectivity index (χ4n) is 5.17. The first-order valence-corrected chi connectivity index (χ1v) is 10.0. The summed E-state index contributed by atoms with van der Waals surface area (Å²) in [5.74, 6) is -0.499. The molecule has 2 aromatic rings. The molecule has 0 bridgehead atoms. The summed E-state index contributed by atoms with van der Waals surface area (Å²) in [6.45, 7) is 7.79. The molecule has 0 unspecified atom stereocenters. The zero-order valence-corrected chi connectivity index (χ0v) is 16.6. The fraction of sp³-hybridized carbons (Fsp3) is 0.391. The van der Waals surface area contributed by atoms with Crippen LogP contribution >= 0.6 is 0 Å². The van der Waals surface area contributed by atoms with Crippen molar-refractivity contribution >= 4 is 17.5 Å². The first kappa shape index (κ1) is 17.6. The smallest absolute Gasteiger partial charge is 0.253 e. The highest BCUT2D eigenvalue weighted by molar-refractivity contribution is 6.24. The van der Waals surface area contributed by atoms with E-state index in [1.54, 1.807) is 0 Å². The Morgan fingerprint density at radius 2 is 1.43 bits per heavy atom. The van der Waals surface area contributed by atoms with Gasteiger partial charge in [0.15, 0.2) is 0 Å². The molecule has 0 spiro atoms. The second-order valence-corrected chi connectivity index (χ2v) is 8.31. The predicted octanol–water partition coefficient (Wildman–Crippen LogP) is 3.15. The summed E-state index contributed by atoms with van der Waals surface area (Å²) in [5.41, 5.74) is 5.13. The zero-order valence-electron chi connectivity index (χ0n) is 16.6. The van der Waals surface area contributed by atoms with Crippen molar-refractivity contribution in [2.24, 2.45) is 5.92 Å². The maximum atomic E-state index is 13.6. The first-order valence-electron chi connectivity index (χ1n) is 10.0. The van der Waals surface area contributed by atoms with Gasteiger partial charge in [-0.3, -0.25) is 9.59 Å². The molecule has 2 amide bonds. The molecule has 5 nitrogen and oxygen atoms in total. The van der Waals surface area contributed by atoms with Crippen molar-refractivity contribution in [3.63, 3.8) is 0 Å². The van der Waals surface area contributed by atoms with Crippen LogP contribution in [0.5, 0.6) is 0 Å². The molecule has 0 radical (unpaired) electrons. The molecule has 3 heterocycles. The van der Waals surface area contributed by atoms with Crippen LogP contribution in [0, 0.1) is 26.7 Å². The molecular weight excluding hydrogens is 350 g/mol. The molecule has 0 aromatic heterocycles. The maximum Gasteiger partial charge on any atom is 0.253 e. The van der Waals surface area contributed by atoms with Gasteiger partial charge in [0, 0.05) is 13.1 Å². The molecule has 3 aliphatic rings. The number of amides is 2. The highest BCUT2D eigenvalue weighted by atomic mass is 16.2. The average Bonchev–Trinajstić information content (AvgIpc) is 3.30. The predicted molar refractivity (Wildman–Crippen MR) is 108 cm³/mol. The van der Waals surface area contributed by atoms with E-state index in [1.807, 2.05) is 32.0 Å². The number of benzene rings is 2. The van der Waals surface area contributed by atoms with Crippen molar-refractivity contribution in [1.82, 2.24) is 10.0 Å². The lowest BCUT2D eigenvalue weighted by Gasteiger charge is -2.30. The van der Waals surface area contributed by atoms with E-state index in [-0.39, 0.29) is 29.8 Å². The fourth-order valence-corrected chi connectivity index (χ4v) is 5.17. The number of rotatable bonds is 2. The van der Waals surface area contributed by atoms with E-state index in [1.165, 1.54) is 10.5 Å². The number of carbonyl (C=O) groups is 2. The molecule has 5 rings (SSSR count). The number of hydrogen-bond acceptors (Lipinski definition) is 4. The van der Waals surface area contributed by atoms with Crippen molar-refractivity contribution in [2.45, 2.75) is 39.3 Å². The Morgan fingerprint density at radius 3 is 2.11 bits per heavy atom. The number of fused-ring (bicyclic) bond motifs is 3. The van der Waals surface area contributed by atoms with Crippen LogP contribution in [-0.4, -0.2) is 41.0 Å². The highest BCUT2D eigenvalue weighted by Crippen LogP contribution is 2.49. The van der Waals surface area contributed by atoms with Crippen LogP contribution < -0.4 is 4.90 Å². The quantitative estimate of drug-likeness (QED) is 0.757. The van der Waals surface area contributed by atoms with Crippen molar-refractivity contribution in [3.05, 3.63) is 64.7 Å². The molecule has 3 atom stereocenters. The summed E-state index contributed by atoms with van der Waals surface area (Å²) < 4.78 is 0. The largest absolute Gasteiger partial charge is 0.274 e. The normalized spacial score (nSPS) is 27.5. The lowest BCUT2D eigenvalue weighted by Crippen LogP contribution is -2.44. The Morgan fingerprint density at radius 1 is 0.786 bits per heavy atom. The van der Waals surface area contributed by atoms with E-state index in [2.05, 4.69) is 41.2 Å². The molecule has 0 aliphatic carbocycles. The standard InChI is InChI=1S/C23H25N3O2/c1-14-5-8-17(9-6-14)20-19-21(25-12-4-11-24(20)25)23(28)26(22(19)27)18-10-7-15(2)13-16(18)3/h5-10,13,19-21H,4,11-12H2,1-3H3/t19-,20-,21+/m0/s1. The van der Waals surface area contributed by atoms with Gasteiger partial charge in [0.25, 0.3) is 5.91 Å². The molecule has 144 valence electrons. The van der Waals surface area contributed by atoms with Gasteiger partial charge in [-0.05, 0) is 44.4 Å². The number of carbonyl (C=O) groups excluding carboxylic acids is 2. The summed E-state index contributed by atoms with van der Waals surface area (Å²) in [6, 6.07) is 13.8. The molecule has 3 fully saturated rings. The van der Waals surface area contributed by atoms with E-state index < -0.39 is 0 Å². The average molecular weight is 375 g/mol. The summed E-state index contributed by atoms with van der Waals surface area (Å²) in [7, 11) is 0. The Kier molecular flexibility index (Phi) is 3.93. The van der Waals surface area contributed by atoms with Crippen molar-refractivity contribution < 1.29 is 9.59 Å². The van der Waals surface area contributed by atoms with Crippen molar-refractivity contribution in [2.75, 3.05) is 18.0 Å².